The van der Waals surface area contributed by atoms with E-state index in [-0.39, 0.29) is 23.5 Å². The van der Waals surface area contributed by atoms with E-state index in [0.29, 0.717) is 11.5 Å². The molecule has 2 bridgehead atoms. The molecule has 8 heteroatoms. The monoisotopic (exact) mass is 318 g/mol. The average Bonchev–Trinajstić information content (AvgIpc) is 3.03. The first kappa shape index (κ1) is 14.3. The van der Waals surface area contributed by atoms with E-state index in [1.54, 1.807) is 6.07 Å². The second-order valence-corrected chi connectivity index (χ2v) is 6.25. The predicted octanol–water partition coefficient (Wildman–Crippen LogP) is 1.40. The van der Waals surface area contributed by atoms with Gasteiger partial charge in [-0.2, -0.15) is 5.10 Å². The third-order valence-corrected chi connectivity index (χ3v) is 5.15. The molecule has 0 aliphatic carbocycles. The van der Waals surface area contributed by atoms with Gasteiger partial charge >= 0.3 is 5.69 Å². The van der Waals surface area contributed by atoms with Crippen LogP contribution in [0.5, 0.6) is 11.5 Å². The number of piperidine rings is 3. The molecule has 4 aliphatic rings. The number of nitro benzene ring substituents is 1. The van der Waals surface area contributed by atoms with Crippen LogP contribution in [0.25, 0.3) is 0 Å². The Morgan fingerprint density at radius 1 is 1.43 bits per heavy atom. The number of benzene rings is 1. The Bertz CT molecular complexity index is 697. The van der Waals surface area contributed by atoms with Gasteiger partial charge in [0.1, 0.15) is 0 Å². The highest BCUT2D eigenvalue weighted by atomic mass is 16.6. The Labute approximate surface area is 132 Å². The van der Waals surface area contributed by atoms with Crippen molar-refractivity contribution in [3.05, 3.63) is 27.8 Å². The highest BCUT2D eigenvalue weighted by Gasteiger charge is 2.47. The van der Waals surface area contributed by atoms with Crippen LogP contribution in [0, 0.1) is 16.0 Å². The minimum absolute atomic E-state index is 0.111. The molecular weight excluding hydrogens is 300 g/mol. The van der Waals surface area contributed by atoms with Crippen LogP contribution < -0.4 is 10.2 Å². The van der Waals surface area contributed by atoms with Crippen molar-refractivity contribution in [3.63, 3.8) is 0 Å². The number of nitro groups is 1. The molecule has 5 rings (SSSR count). The van der Waals surface area contributed by atoms with Crippen molar-refractivity contribution in [2.24, 2.45) is 11.0 Å². The summed E-state index contributed by atoms with van der Waals surface area (Å²) < 4.78 is 5.10. The molecule has 8 nitrogen and oxygen atoms in total. The quantitative estimate of drug-likeness (QED) is 0.645. The third-order valence-electron chi connectivity index (χ3n) is 5.15. The average molecular weight is 318 g/mol. The summed E-state index contributed by atoms with van der Waals surface area (Å²) in [4.78, 5) is 13.0. The lowest BCUT2D eigenvalue weighted by Gasteiger charge is -2.45. The zero-order valence-electron chi connectivity index (χ0n) is 12.7. The SMILES string of the molecule is COc1cc(C2NN=C3C4CCN(CC4)C32)cc([N+](=O)[O-])c1O. The first-order chi connectivity index (χ1) is 11.1. The normalized spacial score (nSPS) is 31.3. The van der Waals surface area contributed by atoms with Crippen LogP contribution in [0.3, 0.4) is 0 Å². The van der Waals surface area contributed by atoms with Crippen LogP contribution in [-0.2, 0) is 0 Å². The lowest BCUT2D eigenvalue weighted by Crippen LogP contribution is -2.56. The van der Waals surface area contributed by atoms with Crippen molar-refractivity contribution in [2.75, 3.05) is 20.2 Å². The van der Waals surface area contributed by atoms with Gasteiger partial charge in [0.25, 0.3) is 0 Å². The number of fused-ring (bicyclic) bond motifs is 2. The molecule has 0 radical (unpaired) electrons. The Hall–Kier alpha value is -2.35. The van der Waals surface area contributed by atoms with Crippen LogP contribution in [0.15, 0.2) is 17.2 Å². The Morgan fingerprint density at radius 2 is 2.17 bits per heavy atom. The summed E-state index contributed by atoms with van der Waals surface area (Å²) in [5.41, 5.74) is 4.66. The molecule has 3 fully saturated rings. The minimum atomic E-state index is -0.592. The number of phenolic OH excluding ortho intramolecular Hbond substituents is 1. The van der Waals surface area contributed by atoms with Gasteiger partial charge in [0.2, 0.25) is 5.75 Å². The van der Waals surface area contributed by atoms with Crippen molar-refractivity contribution in [2.45, 2.75) is 24.9 Å². The van der Waals surface area contributed by atoms with Gasteiger partial charge in [-0.25, -0.2) is 0 Å². The largest absolute Gasteiger partial charge is 0.500 e. The summed E-state index contributed by atoms with van der Waals surface area (Å²) in [5.74, 6) is 0.183. The molecule has 1 aromatic carbocycles. The van der Waals surface area contributed by atoms with Gasteiger partial charge in [-0.05, 0) is 37.6 Å². The van der Waals surface area contributed by atoms with E-state index in [9.17, 15) is 15.2 Å². The second kappa shape index (κ2) is 5.09. The number of nitrogens with one attached hydrogen (secondary N) is 1. The van der Waals surface area contributed by atoms with E-state index in [1.807, 2.05) is 0 Å². The van der Waals surface area contributed by atoms with Gasteiger partial charge in [0.05, 0.1) is 29.8 Å². The van der Waals surface area contributed by atoms with Gasteiger partial charge in [0.15, 0.2) is 5.75 Å². The molecule has 1 aromatic rings. The zero-order valence-corrected chi connectivity index (χ0v) is 12.7. The van der Waals surface area contributed by atoms with Crippen molar-refractivity contribution in [3.8, 4) is 11.5 Å². The molecule has 2 unspecified atom stereocenters. The Morgan fingerprint density at radius 3 is 2.83 bits per heavy atom. The topological polar surface area (TPSA) is 100 Å². The fourth-order valence-corrected chi connectivity index (χ4v) is 4.00. The van der Waals surface area contributed by atoms with Crippen LogP contribution in [0.2, 0.25) is 0 Å². The maximum atomic E-state index is 11.2. The number of rotatable bonds is 3. The molecule has 0 spiro atoms. The van der Waals surface area contributed by atoms with Crippen LogP contribution in [0.4, 0.5) is 5.69 Å². The van der Waals surface area contributed by atoms with E-state index in [4.69, 9.17) is 4.74 Å². The van der Waals surface area contributed by atoms with Gasteiger partial charge in [-0.1, -0.05) is 0 Å². The maximum Gasteiger partial charge on any atom is 0.315 e. The maximum absolute atomic E-state index is 11.2. The first-order valence-electron chi connectivity index (χ1n) is 7.72. The molecule has 4 heterocycles. The summed E-state index contributed by atoms with van der Waals surface area (Å²) >= 11 is 0. The highest BCUT2D eigenvalue weighted by molar-refractivity contribution is 5.95. The lowest BCUT2D eigenvalue weighted by atomic mass is 9.78. The second-order valence-electron chi connectivity index (χ2n) is 6.25. The first-order valence-corrected chi connectivity index (χ1v) is 7.72. The summed E-state index contributed by atoms with van der Waals surface area (Å²) in [5, 5.41) is 25.6. The molecule has 0 amide bonds. The molecule has 2 N–H and O–H groups in total. The molecule has 3 saturated heterocycles. The fraction of sp³-hybridized carbons (Fsp3) is 0.533. The van der Waals surface area contributed by atoms with Crippen molar-refractivity contribution in [1.82, 2.24) is 10.3 Å². The smallest absolute Gasteiger partial charge is 0.315 e. The number of methoxy groups -OCH3 is 1. The number of ether oxygens (including phenoxy) is 1. The summed E-state index contributed by atoms with van der Waals surface area (Å²) in [6.07, 6.45) is 2.26. The van der Waals surface area contributed by atoms with E-state index in [2.05, 4.69) is 15.4 Å². The molecular formula is C15H18N4O4. The van der Waals surface area contributed by atoms with E-state index < -0.39 is 10.7 Å². The third kappa shape index (κ3) is 2.05. The number of hydrogen-bond acceptors (Lipinski definition) is 7. The number of hydrogen-bond donors (Lipinski definition) is 2. The number of aromatic hydroxyl groups is 1. The van der Waals surface area contributed by atoms with Gasteiger partial charge in [-0.3, -0.25) is 15.0 Å². The van der Waals surface area contributed by atoms with Crippen LogP contribution in [0.1, 0.15) is 24.4 Å². The molecule has 23 heavy (non-hydrogen) atoms. The van der Waals surface area contributed by atoms with Gasteiger partial charge in [0, 0.05) is 12.0 Å². The summed E-state index contributed by atoms with van der Waals surface area (Å²) in [7, 11) is 1.39. The molecule has 122 valence electrons. The van der Waals surface area contributed by atoms with Crippen molar-refractivity contribution in [1.29, 1.82) is 0 Å². The Kier molecular flexibility index (Phi) is 3.15. The molecule has 0 saturated carbocycles. The van der Waals surface area contributed by atoms with Crippen LogP contribution in [-0.4, -0.2) is 46.9 Å². The standard InChI is InChI=1S/C15H18N4O4/c1-23-11-7-9(6-10(15(11)20)19(21)22)13-14-12(16-17-13)8-2-4-18(14)5-3-8/h6-8,13-14,17,20H,2-5H2,1H3. The van der Waals surface area contributed by atoms with Crippen LogP contribution >= 0.6 is 0 Å². The predicted molar refractivity (Wildman–Crippen MR) is 82.7 cm³/mol. The minimum Gasteiger partial charge on any atom is -0.500 e. The van der Waals surface area contributed by atoms with E-state index in [0.717, 1.165) is 31.6 Å². The van der Waals surface area contributed by atoms with E-state index >= 15 is 0 Å². The highest BCUT2D eigenvalue weighted by Crippen LogP contribution is 2.43. The van der Waals surface area contributed by atoms with Crippen molar-refractivity contribution < 1.29 is 14.8 Å². The summed E-state index contributed by atoms with van der Waals surface area (Å²) in [6.45, 7) is 2.06. The van der Waals surface area contributed by atoms with Gasteiger partial charge < -0.3 is 15.3 Å². The number of nitrogens with zero attached hydrogens (tertiary/aromatic N) is 3. The van der Waals surface area contributed by atoms with Crippen molar-refractivity contribution >= 4 is 11.4 Å². The summed E-state index contributed by atoms with van der Waals surface area (Å²) in [6, 6.07) is 3.05. The lowest BCUT2D eigenvalue weighted by molar-refractivity contribution is -0.386. The molecule has 4 aliphatic heterocycles. The Balaban J connectivity index is 1.74. The van der Waals surface area contributed by atoms with E-state index in [1.165, 1.54) is 13.2 Å². The molecule has 0 aromatic heterocycles. The van der Waals surface area contributed by atoms with Gasteiger partial charge in [-0.15, -0.1) is 0 Å². The number of phenols is 1. The molecule has 2 atom stereocenters. The zero-order chi connectivity index (χ0) is 16.1. The fourth-order valence-electron chi connectivity index (χ4n) is 4.00. The number of hydrazone groups is 1.